The van der Waals surface area contributed by atoms with Crippen LogP contribution < -0.4 is 9.62 Å². The van der Waals surface area contributed by atoms with E-state index in [0.717, 1.165) is 21.9 Å². The van der Waals surface area contributed by atoms with Crippen molar-refractivity contribution in [1.29, 1.82) is 0 Å². The zero-order valence-corrected chi connectivity index (χ0v) is 16.4. The summed E-state index contributed by atoms with van der Waals surface area (Å²) in [5.41, 5.74) is -0.0134. The summed E-state index contributed by atoms with van der Waals surface area (Å²) in [5.74, 6) is -0.634. The molecule has 26 heavy (non-hydrogen) atoms. The number of thioether (sulfide) groups is 1. The van der Waals surface area contributed by atoms with Crippen LogP contribution in [0.3, 0.4) is 0 Å². The van der Waals surface area contributed by atoms with Crippen LogP contribution in [0.2, 0.25) is 0 Å². The molecular weight excluding hydrogens is 402 g/mol. The highest BCUT2D eigenvalue weighted by molar-refractivity contribution is 8.00. The molecule has 0 aliphatic rings. The molecular formula is C13H15N5O5S3. The number of hydrogen-bond donors (Lipinski definition) is 1. The first-order valence-electron chi connectivity index (χ1n) is 7.02. The van der Waals surface area contributed by atoms with Crippen molar-refractivity contribution in [3.8, 4) is 0 Å². The number of amides is 1. The number of nitrogens with zero attached hydrogens (tertiary/aromatic N) is 4. The van der Waals surface area contributed by atoms with Crippen molar-refractivity contribution in [3.05, 3.63) is 33.9 Å². The van der Waals surface area contributed by atoms with E-state index >= 15 is 0 Å². The largest absolute Gasteiger partial charge is 0.299 e. The monoisotopic (exact) mass is 417 g/mol. The molecule has 0 atom stereocenters. The summed E-state index contributed by atoms with van der Waals surface area (Å²) < 4.78 is 25.8. The van der Waals surface area contributed by atoms with Crippen LogP contribution >= 0.6 is 23.1 Å². The molecule has 2 rings (SSSR count). The fourth-order valence-electron chi connectivity index (χ4n) is 2.09. The molecule has 1 aromatic heterocycles. The van der Waals surface area contributed by atoms with Crippen molar-refractivity contribution in [1.82, 2.24) is 10.2 Å². The molecule has 10 nitrogen and oxygen atoms in total. The second-order valence-electron chi connectivity index (χ2n) is 5.07. The highest BCUT2D eigenvalue weighted by atomic mass is 32.2. The van der Waals surface area contributed by atoms with Crippen LogP contribution in [-0.2, 0) is 14.8 Å². The Kier molecular flexibility index (Phi) is 6.15. The lowest BCUT2D eigenvalue weighted by Crippen LogP contribution is -2.38. The molecule has 140 valence electrons. The van der Waals surface area contributed by atoms with E-state index in [1.54, 1.807) is 0 Å². The third-order valence-corrected chi connectivity index (χ3v) is 6.20. The summed E-state index contributed by atoms with van der Waals surface area (Å²) in [4.78, 5) is 22.7. The average molecular weight is 417 g/mol. The van der Waals surface area contributed by atoms with Gasteiger partial charge in [-0.3, -0.25) is 24.5 Å². The van der Waals surface area contributed by atoms with Crippen LogP contribution in [0.15, 0.2) is 22.5 Å². The molecule has 0 radical (unpaired) electrons. The Morgan fingerprint density at radius 3 is 2.65 bits per heavy atom. The van der Waals surface area contributed by atoms with Gasteiger partial charge in [0.25, 0.3) is 5.69 Å². The van der Waals surface area contributed by atoms with Gasteiger partial charge in [0.15, 0.2) is 4.34 Å². The Balaban J connectivity index is 2.30. The van der Waals surface area contributed by atoms with Gasteiger partial charge in [-0.2, -0.15) is 0 Å². The van der Waals surface area contributed by atoms with Crippen LogP contribution in [0.5, 0.6) is 0 Å². The lowest BCUT2D eigenvalue weighted by atomic mass is 10.1. The molecule has 1 aromatic carbocycles. The van der Waals surface area contributed by atoms with Gasteiger partial charge in [0.05, 0.1) is 22.4 Å². The molecule has 0 fully saturated rings. The fourth-order valence-corrected chi connectivity index (χ4v) is 4.19. The first-order valence-corrected chi connectivity index (χ1v) is 10.9. The minimum atomic E-state index is -3.86. The van der Waals surface area contributed by atoms with Crippen molar-refractivity contribution in [2.45, 2.75) is 11.3 Å². The smallest absolute Gasteiger partial charge is 0.274 e. The molecule has 0 spiro atoms. The number of nitro groups is 1. The van der Waals surface area contributed by atoms with Crippen molar-refractivity contribution in [3.63, 3.8) is 0 Å². The third-order valence-electron chi connectivity index (χ3n) is 3.26. The zero-order chi connectivity index (χ0) is 19.5. The van der Waals surface area contributed by atoms with E-state index in [0.29, 0.717) is 4.34 Å². The summed E-state index contributed by atoms with van der Waals surface area (Å²) in [7, 11) is -3.86. The average Bonchev–Trinajstić information content (AvgIpc) is 2.99. The van der Waals surface area contributed by atoms with Gasteiger partial charge in [-0.15, -0.1) is 10.2 Å². The number of aromatic nitrogens is 2. The molecule has 0 saturated heterocycles. The molecule has 0 saturated carbocycles. The van der Waals surface area contributed by atoms with Crippen LogP contribution in [0.4, 0.5) is 16.5 Å². The maximum atomic E-state index is 12.3. The Hall–Kier alpha value is -2.25. The maximum absolute atomic E-state index is 12.3. The Bertz CT molecular complexity index is 943. The van der Waals surface area contributed by atoms with Crippen LogP contribution in [-0.4, -0.2) is 48.5 Å². The number of hydrogen-bond acceptors (Lipinski definition) is 9. The number of rotatable bonds is 7. The first-order chi connectivity index (χ1) is 12.1. The number of sulfonamides is 1. The molecule has 2 aromatic rings. The minimum absolute atomic E-state index is 0.0684. The van der Waals surface area contributed by atoms with E-state index in [9.17, 15) is 23.3 Å². The number of carbonyl (C=O) groups excluding carboxylic acids is 1. The Labute approximate surface area is 157 Å². The maximum Gasteiger partial charge on any atom is 0.274 e. The van der Waals surface area contributed by atoms with Gasteiger partial charge in [-0.1, -0.05) is 29.2 Å². The van der Waals surface area contributed by atoms with E-state index in [1.165, 1.54) is 36.9 Å². The van der Waals surface area contributed by atoms with Gasteiger partial charge in [0, 0.05) is 6.07 Å². The summed E-state index contributed by atoms with van der Waals surface area (Å²) in [6.45, 7) is 0.883. The Morgan fingerprint density at radius 2 is 2.12 bits per heavy atom. The van der Waals surface area contributed by atoms with Crippen LogP contribution in [0.1, 0.15) is 5.56 Å². The topological polar surface area (TPSA) is 135 Å². The predicted octanol–water partition coefficient (Wildman–Crippen LogP) is 1.88. The quantitative estimate of drug-likeness (QED) is 0.312. The van der Waals surface area contributed by atoms with Crippen molar-refractivity contribution >= 4 is 55.5 Å². The van der Waals surface area contributed by atoms with E-state index in [4.69, 9.17) is 0 Å². The zero-order valence-electron chi connectivity index (χ0n) is 14.0. The fraction of sp³-hybridized carbons (Fsp3) is 0.308. The summed E-state index contributed by atoms with van der Waals surface area (Å²) >= 11 is 2.51. The molecule has 1 heterocycles. The minimum Gasteiger partial charge on any atom is -0.299 e. The van der Waals surface area contributed by atoms with Crippen molar-refractivity contribution in [2.75, 3.05) is 28.7 Å². The van der Waals surface area contributed by atoms with Gasteiger partial charge in [0.2, 0.25) is 21.1 Å². The highest BCUT2D eigenvalue weighted by Crippen LogP contribution is 2.30. The predicted molar refractivity (Wildman–Crippen MR) is 100 cm³/mol. The van der Waals surface area contributed by atoms with Gasteiger partial charge < -0.3 is 0 Å². The van der Waals surface area contributed by atoms with Gasteiger partial charge in [0.1, 0.15) is 6.54 Å². The highest BCUT2D eigenvalue weighted by Gasteiger charge is 2.26. The second kappa shape index (κ2) is 7.97. The second-order valence-corrected chi connectivity index (χ2v) is 9.01. The number of nitro benzene ring substituents is 1. The van der Waals surface area contributed by atoms with E-state index in [-0.39, 0.29) is 22.1 Å². The summed E-state index contributed by atoms with van der Waals surface area (Å²) in [6.07, 6.45) is 2.73. The molecule has 0 bridgehead atoms. The van der Waals surface area contributed by atoms with E-state index in [1.807, 2.05) is 6.26 Å². The number of benzene rings is 1. The summed E-state index contributed by atoms with van der Waals surface area (Å²) in [6, 6.07) is 4.05. The van der Waals surface area contributed by atoms with E-state index in [2.05, 4.69) is 15.5 Å². The first kappa shape index (κ1) is 20.1. The van der Waals surface area contributed by atoms with Crippen molar-refractivity contribution in [2.24, 2.45) is 0 Å². The molecule has 13 heteroatoms. The van der Waals surface area contributed by atoms with Gasteiger partial charge >= 0.3 is 0 Å². The third kappa shape index (κ3) is 4.68. The van der Waals surface area contributed by atoms with Gasteiger partial charge in [-0.25, -0.2) is 8.42 Å². The van der Waals surface area contributed by atoms with Crippen molar-refractivity contribution < 1.29 is 18.1 Å². The standard InChI is InChI=1S/C13H15N5O5S3/c1-8-9(5-4-6-10(8)18(20)21)17(26(3,22)23)7-11(19)14-12-15-16-13(24-2)25-12/h4-6H,7H2,1-3H3,(H,14,15,19). The van der Waals surface area contributed by atoms with Crippen LogP contribution in [0, 0.1) is 17.0 Å². The Morgan fingerprint density at radius 1 is 1.42 bits per heavy atom. The SMILES string of the molecule is CSc1nnc(NC(=O)CN(c2cccc([N+](=O)[O-])c2C)S(C)(=O)=O)s1. The number of carbonyl (C=O) groups is 1. The molecule has 0 unspecified atom stereocenters. The summed E-state index contributed by atoms with van der Waals surface area (Å²) in [5, 5.41) is 21.4. The molecule has 1 amide bonds. The van der Waals surface area contributed by atoms with E-state index < -0.39 is 27.4 Å². The normalized spacial score (nSPS) is 11.2. The molecule has 1 N–H and O–H groups in total. The number of nitrogens with one attached hydrogen (secondary N) is 1. The van der Waals surface area contributed by atoms with Crippen LogP contribution in [0.25, 0.3) is 0 Å². The lowest BCUT2D eigenvalue weighted by molar-refractivity contribution is -0.385. The lowest BCUT2D eigenvalue weighted by Gasteiger charge is -2.23. The number of anilines is 2. The molecule has 0 aliphatic carbocycles. The molecule has 0 aliphatic heterocycles. The van der Waals surface area contributed by atoms with Gasteiger partial charge in [-0.05, 0) is 19.2 Å².